The molecule has 0 spiro atoms. The number of carbonyl (C=O) groups excluding carboxylic acids is 1. The lowest BCUT2D eigenvalue weighted by Gasteiger charge is -2.31. The second kappa shape index (κ2) is 6.38. The van der Waals surface area contributed by atoms with E-state index in [1.54, 1.807) is 10.9 Å². The fraction of sp³-hybridized carbons (Fsp3) is 0.692. The zero-order chi connectivity index (χ0) is 15.5. The van der Waals surface area contributed by atoms with Crippen LogP contribution in [-0.4, -0.2) is 41.4 Å². The first-order valence-electron chi connectivity index (χ1n) is 7.06. The highest BCUT2D eigenvalue weighted by atomic mass is 19.3. The Kier molecular flexibility index (Phi) is 4.76. The van der Waals surface area contributed by atoms with Gasteiger partial charge < -0.3 is 16.0 Å². The van der Waals surface area contributed by atoms with Crippen molar-refractivity contribution in [1.29, 1.82) is 0 Å². The van der Waals surface area contributed by atoms with Crippen molar-refractivity contribution in [2.24, 2.45) is 5.92 Å². The molecule has 1 unspecified atom stereocenters. The van der Waals surface area contributed by atoms with E-state index < -0.39 is 17.9 Å². The molecule has 0 radical (unpaired) electrons. The van der Waals surface area contributed by atoms with Gasteiger partial charge in [0.15, 0.2) is 0 Å². The summed E-state index contributed by atoms with van der Waals surface area (Å²) in [5.74, 6) is -3.61. The van der Waals surface area contributed by atoms with E-state index in [0.717, 1.165) is 0 Å². The molecule has 8 heteroatoms. The quantitative estimate of drug-likeness (QED) is 0.794. The number of hydrogen-bond donors (Lipinski definition) is 3. The van der Waals surface area contributed by atoms with Gasteiger partial charge in [-0.25, -0.2) is 13.6 Å². The highest BCUT2D eigenvalue weighted by molar-refractivity contribution is 5.88. The third-order valence-electron chi connectivity index (χ3n) is 3.53. The number of amides is 2. The molecular weight excluding hydrogens is 280 g/mol. The molecule has 1 fully saturated rings. The molecule has 6 nitrogen and oxygen atoms in total. The van der Waals surface area contributed by atoms with Crippen LogP contribution >= 0.6 is 0 Å². The van der Waals surface area contributed by atoms with Crippen LogP contribution in [0, 0.1) is 5.92 Å². The summed E-state index contributed by atoms with van der Waals surface area (Å²) in [6.07, 6.45) is 3.57. The van der Waals surface area contributed by atoms with E-state index in [1.165, 1.54) is 6.20 Å². The highest BCUT2D eigenvalue weighted by Crippen LogP contribution is 2.28. The highest BCUT2D eigenvalue weighted by Gasteiger charge is 2.41. The number of halogens is 2. The van der Waals surface area contributed by atoms with Crippen molar-refractivity contribution < 1.29 is 13.6 Å². The number of urea groups is 1. The van der Waals surface area contributed by atoms with Gasteiger partial charge in [0.25, 0.3) is 5.92 Å². The fourth-order valence-electron chi connectivity index (χ4n) is 2.21. The summed E-state index contributed by atoms with van der Waals surface area (Å²) in [4.78, 5) is 11.7. The molecule has 118 valence electrons. The van der Waals surface area contributed by atoms with Crippen molar-refractivity contribution in [3.05, 3.63) is 12.4 Å². The van der Waals surface area contributed by atoms with E-state index >= 15 is 0 Å². The van der Waals surface area contributed by atoms with E-state index in [4.69, 9.17) is 0 Å². The minimum absolute atomic E-state index is 0.0428. The molecule has 2 amide bonds. The summed E-state index contributed by atoms with van der Waals surface area (Å²) in [6, 6.07) is -0.301. The SMILES string of the molecule is CC(C)n1cc(NC(=O)NCC2CCNCC2(F)F)cn1. The smallest absolute Gasteiger partial charge is 0.319 e. The number of rotatable bonds is 4. The largest absolute Gasteiger partial charge is 0.337 e. The van der Waals surface area contributed by atoms with Crippen LogP contribution in [0.5, 0.6) is 0 Å². The zero-order valence-electron chi connectivity index (χ0n) is 12.2. The second-order valence-electron chi connectivity index (χ2n) is 5.56. The molecule has 0 aliphatic carbocycles. The zero-order valence-corrected chi connectivity index (χ0v) is 12.2. The molecule has 1 atom stereocenters. The number of alkyl halides is 2. The van der Waals surface area contributed by atoms with Gasteiger partial charge in [-0.2, -0.15) is 5.10 Å². The van der Waals surface area contributed by atoms with E-state index in [1.807, 2.05) is 13.8 Å². The van der Waals surface area contributed by atoms with Crippen LogP contribution in [0.3, 0.4) is 0 Å². The minimum atomic E-state index is -2.78. The predicted octanol–water partition coefficient (Wildman–Crippen LogP) is 1.83. The third-order valence-corrected chi connectivity index (χ3v) is 3.53. The van der Waals surface area contributed by atoms with Gasteiger partial charge in [0.1, 0.15) is 0 Å². The second-order valence-corrected chi connectivity index (χ2v) is 5.56. The lowest BCUT2D eigenvalue weighted by Crippen LogP contribution is -2.50. The third kappa shape index (κ3) is 4.13. The topological polar surface area (TPSA) is 71.0 Å². The average molecular weight is 301 g/mol. The number of piperidine rings is 1. The van der Waals surface area contributed by atoms with Gasteiger partial charge in [-0.1, -0.05) is 0 Å². The standard InChI is InChI=1S/C13H21F2N5O/c1-9(2)20-7-11(6-18-20)19-12(21)17-5-10-3-4-16-8-13(10,14)15/h6-7,9-10,16H,3-5,8H2,1-2H3,(H2,17,19,21). The molecule has 1 aromatic heterocycles. The van der Waals surface area contributed by atoms with E-state index in [-0.39, 0.29) is 19.1 Å². The van der Waals surface area contributed by atoms with Crippen molar-refractivity contribution in [1.82, 2.24) is 20.4 Å². The molecule has 2 rings (SSSR count). The number of nitrogens with one attached hydrogen (secondary N) is 3. The maximum Gasteiger partial charge on any atom is 0.319 e. The Bertz CT molecular complexity index is 489. The molecular formula is C13H21F2N5O. The normalized spacial score (nSPS) is 21.3. The van der Waals surface area contributed by atoms with E-state index in [2.05, 4.69) is 21.0 Å². The van der Waals surface area contributed by atoms with Crippen LogP contribution < -0.4 is 16.0 Å². The summed E-state index contributed by atoms with van der Waals surface area (Å²) >= 11 is 0. The molecule has 1 aliphatic heterocycles. The van der Waals surface area contributed by atoms with Crippen LogP contribution in [0.15, 0.2) is 12.4 Å². The Balaban J connectivity index is 1.81. The van der Waals surface area contributed by atoms with Crippen LogP contribution in [0.25, 0.3) is 0 Å². The predicted molar refractivity (Wildman–Crippen MR) is 75.6 cm³/mol. The molecule has 2 heterocycles. The number of anilines is 1. The van der Waals surface area contributed by atoms with Crippen LogP contribution in [0.1, 0.15) is 26.3 Å². The molecule has 0 aromatic carbocycles. The lowest BCUT2D eigenvalue weighted by molar-refractivity contribution is -0.0709. The molecule has 0 saturated carbocycles. The minimum Gasteiger partial charge on any atom is -0.337 e. The molecule has 3 N–H and O–H groups in total. The van der Waals surface area contributed by atoms with Crippen LogP contribution in [0.4, 0.5) is 19.3 Å². The Hall–Kier alpha value is -1.70. The number of aromatic nitrogens is 2. The van der Waals surface area contributed by atoms with Crippen molar-refractivity contribution in [3.8, 4) is 0 Å². The van der Waals surface area contributed by atoms with Crippen molar-refractivity contribution in [3.63, 3.8) is 0 Å². The molecule has 1 aromatic rings. The number of hydrogen-bond acceptors (Lipinski definition) is 3. The van der Waals surface area contributed by atoms with Gasteiger partial charge >= 0.3 is 6.03 Å². The summed E-state index contributed by atoms with van der Waals surface area (Å²) in [5, 5.41) is 11.8. The van der Waals surface area contributed by atoms with E-state index in [0.29, 0.717) is 18.7 Å². The Morgan fingerprint density at radius 1 is 1.62 bits per heavy atom. The van der Waals surface area contributed by atoms with Gasteiger partial charge in [-0.3, -0.25) is 4.68 Å². The molecule has 21 heavy (non-hydrogen) atoms. The maximum atomic E-state index is 13.6. The summed E-state index contributed by atoms with van der Waals surface area (Å²) < 4.78 is 28.9. The molecule has 1 aliphatic rings. The van der Waals surface area contributed by atoms with Gasteiger partial charge in [-0.05, 0) is 26.8 Å². The van der Waals surface area contributed by atoms with Gasteiger partial charge in [-0.15, -0.1) is 0 Å². The lowest BCUT2D eigenvalue weighted by atomic mass is 9.94. The number of nitrogens with zero attached hydrogens (tertiary/aromatic N) is 2. The van der Waals surface area contributed by atoms with Gasteiger partial charge in [0, 0.05) is 24.7 Å². The Morgan fingerprint density at radius 3 is 3.00 bits per heavy atom. The first kappa shape index (κ1) is 15.7. The Morgan fingerprint density at radius 2 is 2.38 bits per heavy atom. The monoisotopic (exact) mass is 301 g/mol. The van der Waals surface area contributed by atoms with Gasteiger partial charge in [0.05, 0.1) is 18.4 Å². The van der Waals surface area contributed by atoms with Gasteiger partial charge in [0.2, 0.25) is 0 Å². The first-order chi connectivity index (χ1) is 9.88. The van der Waals surface area contributed by atoms with Crippen molar-refractivity contribution >= 4 is 11.7 Å². The maximum absolute atomic E-state index is 13.6. The van der Waals surface area contributed by atoms with Crippen LogP contribution in [-0.2, 0) is 0 Å². The van der Waals surface area contributed by atoms with Crippen molar-refractivity contribution in [2.45, 2.75) is 32.2 Å². The van der Waals surface area contributed by atoms with Crippen molar-refractivity contribution in [2.75, 3.05) is 25.0 Å². The first-order valence-corrected chi connectivity index (χ1v) is 7.06. The number of carbonyl (C=O) groups is 1. The Labute approximate surface area is 122 Å². The summed E-state index contributed by atoms with van der Waals surface area (Å²) in [5.41, 5.74) is 0.540. The molecule has 0 bridgehead atoms. The summed E-state index contributed by atoms with van der Waals surface area (Å²) in [6.45, 7) is 4.11. The van der Waals surface area contributed by atoms with Crippen LogP contribution in [0.2, 0.25) is 0 Å². The average Bonchev–Trinajstić information content (AvgIpc) is 2.85. The fourth-order valence-corrected chi connectivity index (χ4v) is 2.21. The molecule has 1 saturated heterocycles. The van der Waals surface area contributed by atoms with E-state index in [9.17, 15) is 13.6 Å². The summed E-state index contributed by atoms with van der Waals surface area (Å²) in [7, 11) is 0.